The SMILES string of the molecule is O=[N+]([O-])c1ccccc1NCCNc1[nH+]cc(C(F)(F)F)cc1Cl. The van der Waals surface area contributed by atoms with Gasteiger partial charge in [0.2, 0.25) is 0 Å². The van der Waals surface area contributed by atoms with Gasteiger partial charge in [-0.2, -0.15) is 13.2 Å². The smallest absolute Gasteiger partial charge is 0.376 e. The molecule has 0 spiro atoms. The van der Waals surface area contributed by atoms with Gasteiger partial charge in [-0.15, -0.1) is 0 Å². The molecule has 6 nitrogen and oxygen atoms in total. The number of nitrogens with zero attached hydrogens (tertiary/aromatic N) is 1. The summed E-state index contributed by atoms with van der Waals surface area (Å²) in [5, 5.41) is 16.5. The third-order valence-corrected chi connectivity index (χ3v) is 3.36. The zero-order valence-electron chi connectivity index (χ0n) is 12.2. The minimum atomic E-state index is -4.48. The lowest BCUT2D eigenvalue weighted by Gasteiger charge is -2.08. The molecule has 1 heterocycles. The number of benzene rings is 1. The molecule has 0 saturated heterocycles. The number of hydrogen-bond donors (Lipinski definition) is 2. The molecule has 0 saturated carbocycles. The molecule has 24 heavy (non-hydrogen) atoms. The van der Waals surface area contributed by atoms with Gasteiger partial charge in [0.15, 0.2) is 0 Å². The standard InChI is InChI=1S/C14H12ClF3N4O2/c15-10-7-9(14(16,17)18)8-21-13(10)20-6-5-19-11-3-1-2-4-12(11)22(23)24/h1-4,7-8,19H,5-6H2,(H,20,21)/p+1. The van der Waals surface area contributed by atoms with Crippen LogP contribution in [0.2, 0.25) is 5.02 Å². The maximum atomic E-state index is 12.5. The Morgan fingerprint density at radius 3 is 2.50 bits per heavy atom. The highest BCUT2D eigenvalue weighted by Gasteiger charge is 2.32. The second-order valence-corrected chi connectivity index (χ2v) is 5.14. The van der Waals surface area contributed by atoms with Crippen molar-refractivity contribution in [2.45, 2.75) is 6.18 Å². The van der Waals surface area contributed by atoms with E-state index >= 15 is 0 Å². The highest BCUT2D eigenvalue weighted by Crippen LogP contribution is 2.31. The molecule has 0 atom stereocenters. The third kappa shape index (κ3) is 4.48. The zero-order chi connectivity index (χ0) is 17.7. The Balaban J connectivity index is 1.93. The first-order valence-corrected chi connectivity index (χ1v) is 7.16. The normalized spacial score (nSPS) is 11.2. The van der Waals surface area contributed by atoms with E-state index in [0.717, 1.165) is 12.3 Å². The highest BCUT2D eigenvalue weighted by atomic mass is 35.5. The van der Waals surface area contributed by atoms with Crippen LogP contribution in [0.5, 0.6) is 0 Å². The molecule has 1 aromatic carbocycles. The molecule has 2 aromatic rings. The van der Waals surface area contributed by atoms with Crippen molar-refractivity contribution in [2.75, 3.05) is 23.7 Å². The van der Waals surface area contributed by atoms with Gasteiger partial charge in [-0.3, -0.25) is 15.4 Å². The Morgan fingerprint density at radius 2 is 1.88 bits per heavy atom. The van der Waals surface area contributed by atoms with Crippen LogP contribution in [-0.4, -0.2) is 18.0 Å². The fourth-order valence-corrected chi connectivity index (χ4v) is 2.17. The monoisotopic (exact) mass is 361 g/mol. The highest BCUT2D eigenvalue weighted by molar-refractivity contribution is 6.32. The summed E-state index contributed by atoms with van der Waals surface area (Å²) in [4.78, 5) is 12.8. The molecule has 0 radical (unpaired) electrons. The third-order valence-electron chi connectivity index (χ3n) is 3.06. The van der Waals surface area contributed by atoms with Crippen LogP contribution < -0.4 is 15.6 Å². The molecule has 128 valence electrons. The summed E-state index contributed by atoms with van der Waals surface area (Å²) in [6, 6.07) is 6.96. The van der Waals surface area contributed by atoms with E-state index in [1.807, 2.05) is 0 Å². The van der Waals surface area contributed by atoms with Gasteiger partial charge < -0.3 is 5.32 Å². The molecule has 2 rings (SSSR count). The second-order valence-electron chi connectivity index (χ2n) is 4.74. The molecular formula is C14H13ClF3N4O2+. The van der Waals surface area contributed by atoms with Crippen LogP contribution in [0.3, 0.4) is 0 Å². The zero-order valence-corrected chi connectivity index (χ0v) is 12.9. The summed E-state index contributed by atoms with van der Waals surface area (Å²) >= 11 is 5.79. The van der Waals surface area contributed by atoms with Crippen molar-refractivity contribution in [1.29, 1.82) is 0 Å². The van der Waals surface area contributed by atoms with Crippen LogP contribution in [0, 0.1) is 10.1 Å². The van der Waals surface area contributed by atoms with E-state index in [4.69, 9.17) is 11.6 Å². The predicted octanol–water partition coefficient (Wildman–Crippen LogP) is 3.61. The number of rotatable bonds is 6. The number of halogens is 4. The van der Waals surface area contributed by atoms with Gasteiger partial charge in [-0.1, -0.05) is 23.7 Å². The fourth-order valence-electron chi connectivity index (χ4n) is 1.94. The van der Waals surface area contributed by atoms with Crippen LogP contribution in [0.4, 0.5) is 30.4 Å². The molecule has 0 fully saturated rings. The number of aromatic amines is 1. The van der Waals surface area contributed by atoms with Crippen molar-refractivity contribution in [3.8, 4) is 0 Å². The molecule has 1 aromatic heterocycles. The van der Waals surface area contributed by atoms with Gasteiger partial charge in [0.25, 0.3) is 11.5 Å². The van der Waals surface area contributed by atoms with Crippen LogP contribution >= 0.6 is 11.6 Å². The molecule has 0 bridgehead atoms. The Kier molecular flexibility index (Phi) is 5.45. The summed E-state index contributed by atoms with van der Waals surface area (Å²) in [7, 11) is 0. The van der Waals surface area contributed by atoms with Crippen LogP contribution in [0.25, 0.3) is 0 Å². The lowest BCUT2D eigenvalue weighted by Crippen LogP contribution is -2.21. The van der Waals surface area contributed by atoms with Crippen molar-refractivity contribution in [3.63, 3.8) is 0 Å². The first-order chi connectivity index (χ1) is 11.3. The lowest BCUT2D eigenvalue weighted by atomic mass is 10.2. The van der Waals surface area contributed by atoms with Crippen molar-refractivity contribution in [3.05, 3.63) is 57.2 Å². The molecule has 0 aliphatic carbocycles. The number of nitrogens with one attached hydrogen (secondary N) is 3. The minimum Gasteiger partial charge on any atom is -0.376 e. The topological polar surface area (TPSA) is 81.3 Å². The molecule has 0 amide bonds. The number of alkyl halides is 3. The van der Waals surface area contributed by atoms with Crippen molar-refractivity contribution >= 4 is 28.8 Å². The molecule has 0 aliphatic rings. The van der Waals surface area contributed by atoms with Gasteiger partial charge in [-0.05, 0) is 12.1 Å². The Bertz CT molecular complexity index is 740. The molecule has 0 aliphatic heterocycles. The Morgan fingerprint density at radius 1 is 1.21 bits per heavy atom. The molecule has 3 N–H and O–H groups in total. The maximum Gasteiger partial charge on any atom is 0.419 e. The average molecular weight is 362 g/mol. The summed E-state index contributed by atoms with van der Waals surface area (Å²) in [5.74, 6) is 0.231. The fraction of sp³-hybridized carbons (Fsp3) is 0.214. The van der Waals surface area contributed by atoms with Gasteiger partial charge in [-0.25, -0.2) is 4.98 Å². The number of aromatic nitrogens is 1. The summed E-state index contributed by atoms with van der Waals surface area (Å²) in [5.41, 5.74) is -0.584. The average Bonchev–Trinajstić information content (AvgIpc) is 2.52. The minimum absolute atomic E-state index is 0.0587. The van der Waals surface area contributed by atoms with E-state index in [1.54, 1.807) is 18.2 Å². The van der Waals surface area contributed by atoms with E-state index in [2.05, 4.69) is 15.6 Å². The number of pyridine rings is 1. The van der Waals surface area contributed by atoms with E-state index in [0.29, 0.717) is 12.2 Å². The number of nitro benzene ring substituents is 1. The number of H-pyrrole nitrogens is 1. The van der Waals surface area contributed by atoms with E-state index < -0.39 is 16.7 Å². The number of hydrogen-bond acceptors (Lipinski definition) is 4. The van der Waals surface area contributed by atoms with Gasteiger partial charge in [0, 0.05) is 6.07 Å². The molecular weight excluding hydrogens is 349 g/mol. The first kappa shape index (κ1) is 17.8. The second kappa shape index (κ2) is 7.35. The largest absolute Gasteiger partial charge is 0.419 e. The van der Waals surface area contributed by atoms with Crippen LogP contribution in [0.15, 0.2) is 36.5 Å². The van der Waals surface area contributed by atoms with Crippen LogP contribution in [-0.2, 0) is 6.18 Å². The first-order valence-electron chi connectivity index (χ1n) is 6.78. The number of para-hydroxylation sites is 2. The quantitative estimate of drug-likeness (QED) is 0.468. The van der Waals surface area contributed by atoms with E-state index in [-0.39, 0.29) is 23.1 Å². The summed E-state index contributed by atoms with van der Waals surface area (Å²) in [6.45, 7) is 0.587. The van der Waals surface area contributed by atoms with Crippen LogP contribution in [0.1, 0.15) is 5.56 Å². The number of nitro groups is 1. The Labute approximate surface area is 139 Å². The summed E-state index contributed by atoms with van der Waals surface area (Å²) in [6.07, 6.45) is -3.67. The molecule has 0 unspecified atom stereocenters. The van der Waals surface area contributed by atoms with E-state index in [1.165, 1.54) is 6.07 Å². The molecule has 10 heteroatoms. The van der Waals surface area contributed by atoms with Crippen molar-refractivity contribution in [1.82, 2.24) is 0 Å². The summed E-state index contributed by atoms with van der Waals surface area (Å²) < 4.78 is 37.6. The van der Waals surface area contributed by atoms with Crippen molar-refractivity contribution < 1.29 is 23.1 Å². The van der Waals surface area contributed by atoms with Gasteiger partial charge >= 0.3 is 6.18 Å². The Hall–Kier alpha value is -2.55. The number of anilines is 2. The van der Waals surface area contributed by atoms with Crippen molar-refractivity contribution in [2.24, 2.45) is 0 Å². The van der Waals surface area contributed by atoms with E-state index in [9.17, 15) is 23.3 Å². The van der Waals surface area contributed by atoms with Gasteiger partial charge in [0.1, 0.15) is 23.5 Å². The predicted molar refractivity (Wildman–Crippen MR) is 83.1 cm³/mol. The lowest BCUT2D eigenvalue weighted by molar-refractivity contribution is -0.384. The van der Waals surface area contributed by atoms with Gasteiger partial charge in [0.05, 0.1) is 17.0 Å². The maximum absolute atomic E-state index is 12.5.